The van der Waals surface area contributed by atoms with Gasteiger partial charge in [-0.25, -0.2) is 0 Å². The van der Waals surface area contributed by atoms with Crippen LogP contribution in [0.2, 0.25) is 0 Å². The van der Waals surface area contributed by atoms with Gasteiger partial charge in [0.05, 0.1) is 5.56 Å². The van der Waals surface area contributed by atoms with Gasteiger partial charge in [0, 0.05) is 24.5 Å². The maximum atomic E-state index is 12.3. The predicted molar refractivity (Wildman–Crippen MR) is 64.7 cm³/mol. The van der Waals surface area contributed by atoms with E-state index in [1.807, 2.05) is 24.3 Å². The second-order valence-electron chi connectivity index (χ2n) is 4.45. The number of rotatable bonds is 1. The van der Waals surface area contributed by atoms with Crippen LogP contribution in [0.3, 0.4) is 0 Å². The molecule has 1 aromatic carbocycles. The lowest BCUT2D eigenvalue weighted by Gasteiger charge is -2.14. The monoisotopic (exact) mass is 230 g/mol. The van der Waals surface area contributed by atoms with Gasteiger partial charge in [-0.15, -0.1) is 0 Å². The van der Waals surface area contributed by atoms with E-state index in [2.05, 4.69) is 0 Å². The molecule has 3 rings (SSSR count). The molecule has 1 saturated heterocycles. The number of para-hydroxylation sites is 1. The van der Waals surface area contributed by atoms with E-state index in [0.717, 1.165) is 23.9 Å². The zero-order valence-corrected chi connectivity index (χ0v) is 9.43. The van der Waals surface area contributed by atoms with Gasteiger partial charge in [-0.1, -0.05) is 18.2 Å². The minimum Gasteiger partial charge on any atom is -0.463 e. The highest BCUT2D eigenvalue weighted by Gasteiger charge is 2.26. The van der Waals surface area contributed by atoms with Crippen LogP contribution in [0.25, 0.3) is 11.0 Å². The molecule has 4 nitrogen and oxygen atoms in total. The standard InChI is InChI=1S/C13H14N2O2/c14-9-5-6-15(7-9)13(16)11-8-17-12-4-2-1-3-10(11)12/h1-4,8-9H,5-7,14H2/t9-/m1/s1. The number of benzene rings is 1. The molecule has 0 spiro atoms. The Morgan fingerprint density at radius 2 is 2.24 bits per heavy atom. The number of fused-ring (bicyclic) bond motifs is 1. The summed E-state index contributed by atoms with van der Waals surface area (Å²) in [5, 5.41) is 0.873. The van der Waals surface area contributed by atoms with Crippen LogP contribution in [0.4, 0.5) is 0 Å². The Morgan fingerprint density at radius 1 is 1.41 bits per heavy atom. The van der Waals surface area contributed by atoms with Crippen LogP contribution in [0.15, 0.2) is 34.9 Å². The highest BCUT2D eigenvalue weighted by Crippen LogP contribution is 2.23. The molecule has 1 aliphatic heterocycles. The Kier molecular flexibility index (Phi) is 2.37. The smallest absolute Gasteiger partial charge is 0.257 e. The van der Waals surface area contributed by atoms with Crippen molar-refractivity contribution in [3.63, 3.8) is 0 Å². The molecule has 2 N–H and O–H groups in total. The van der Waals surface area contributed by atoms with Gasteiger partial charge >= 0.3 is 0 Å². The number of hydrogen-bond donors (Lipinski definition) is 1. The third kappa shape index (κ3) is 1.70. The first kappa shape index (κ1) is 10.4. The maximum Gasteiger partial charge on any atom is 0.257 e. The largest absolute Gasteiger partial charge is 0.463 e. The van der Waals surface area contributed by atoms with Crippen LogP contribution in [0.5, 0.6) is 0 Å². The number of carbonyl (C=O) groups is 1. The highest BCUT2D eigenvalue weighted by atomic mass is 16.3. The summed E-state index contributed by atoms with van der Waals surface area (Å²) >= 11 is 0. The summed E-state index contributed by atoms with van der Waals surface area (Å²) in [6.07, 6.45) is 2.42. The molecule has 0 saturated carbocycles. The lowest BCUT2D eigenvalue weighted by Crippen LogP contribution is -2.31. The number of amides is 1. The molecule has 4 heteroatoms. The molecular formula is C13H14N2O2. The van der Waals surface area contributed by atoms with Crippen molar-refractivity contribution in [1.29, 1.82) is 0 Å². The topological polar surface area (TPSA) is 59.5 Å². The van der Waals surface area contributed by atoms with E-state index < -0.39 is 0 Å². The fourth-order valence-electron chi connectivity index (χ4n) is 2.29. The molecule has 1 aliphatic rings. The average Bonchev–Trinajstić information content (AvgIpc) is 2.94. The van der Waals surface area contributed by atoms with Crippen molar-refractivity contribution in [3.8, 4) is 0 Å². The van der Waals surface area contributed by atoms with Crippen molar-refractivity contribution in [2.24, 2.45) is 5.73 Å². The van der Waals surface area contributed by atoms with Crippen LogP contribution >= 0.6 is 0 Å². The summed E-state index contributed by atoms with van der Waals surface area (Å²) in [4.78, 5) is 14.1. The SMILES string of the molecule is N[C@@H]1CCN(C(=O)c2coc3ccccc23)C1. The predicted octanol–water partition coefficient (Wildman–Crippen LogP) is 1.61. The van der Waals surface area contributed by atoms with Crippen molar-refractivity contribution in [3.05, 3.63) is 36.1 Å². The van der Waals surface area contributed by atoms with Gasteiger partial charge in [0.1, 0.15) is 11.8 Å². The number of furan rings is 1. The summed E-state index contributed by atoms with van der Waals surface area (Å²) < 4.78 is 5.38. The molecule has 1 fully saturated rings. The Balaban J connectivity index is 1.96. The van der Waals surface area contributed by atoms with E-state index in [1.165, 1.54) is 6.26 Å². The second-order valence-corrected chi connectivity index (χ2v) is 4.45. The number of nitrogens with two attached hydrogens (primary N) is 1. The van der Waals surface area contributed by atoms with E-state index in [9.17, 15) is 4.79 Å². The summed E-state index contributed by atoms with van der Waals surface area (Å²) in [5.41, 5.74) is 7.20. The Morgan fingerprint density at radius 3 is 3.00 bits per heavy atom. The van der Waals surface area contributed by atoms with Crippen LogP contribution in [0.1, 0.15) is 16.8 Å². The van der Waals surface area contributed by atoms with Gasteiger partial charge in [0.25, 0.3) is 5.91 Å². The van der Waals surface area contributed by atoms with Crippen LogP contribution in [-0.2, 0) is 0 Å². The summed E-state index contributed by atoms with van der Waals surface area (Å²) in [7, 11) is 0. The first-order valence-electron chi connectivity index (χ1n) is 5.77. The second kappa shape index (κ2) is 3.89. The molecule has 2 heterocycles. The van der Waals surface area contributed by atoms with Gasteiger partial charge < -0.3 is 15.1 Å². The van der Waals surface area contributed by atoms with Crippen LogP contribution in [-0.4, -0.2) is 29.9 Å². The number of likely N-dealkylation sites (tertiary alicyclic amines) is 1. The van der Waals surface area contributed by atoms with Gasteiger partial charge in [-0.05, 0) is 12.5 Å². The maximum absolute atomic E-state index is 12.3. The molecular weight excluding hydrogens is 216 g/mol. The van der Waals surface area contributed by atoms with Crippen LogP contribution in [0, 0.1) is 0 Å². The zero-order valence-electron chi connectivity index (χ0n) is 9.43. The third-order valence-electron chi connectivity index (χ3n) is 3.22. The van der Waals surface area contributed by atoms with Gasteiger partial charge in [-0.3, -0.25) is 4.79 Å². The fourth-order valence-corrected chi connectivity index (χ4v) is 2.29. The molecule has 0 radical (unpaired) electrons. The molecule has 1 aromatic heterocycles. The number of carbonyl (C=O) groups excluding carboxylic acids is 1. The Bertz CT molecular complexity index is 561. The summed E-state index contributed by atoms with van der Waals surface area (Å²) in [6.45, 7) is 1.37. The van der Waals surface area contributed by atoms with Crippen molar-refractivity contribution in [2.45, 2.75) is 12.5 Å². The molecule has 0 bridgehead atoms. The molecule has 0 unspecified atom stereocenters. The third-order valence-corrected chi connectivity index (χ3v) is 3.22. The normalized spacial score (nSPS) is 20.1. The number of hydrogen-bond acceptors (Lipinski definition) is 3. The molecule has 1 amide bonds. The quantitative estimate of drug-likeness (QED) is 0.809. The van der Waals surface area contributed by atoms with Crippen molar-refractivity contribution in [1.82, 2.24) is 4.90 Å². The average molecular weight is 230 g/mol. The van der Waals surface area contributed by atoms with Crippen molar-refractivity contribution < 1.29 is 9.21 Å². The van der Waals surface area contributed by atoms with Gasteiger partial charge in [0.15, 0.2) is 0 Å². The Hall–Kier alpha value is -1.81. The highest BCUT2D eigenvalue weighted by molar-refractivity contribution is 6.05. The summed E-state index contributed by atoms with van der Waals surface area (Å²) in [5.74, 6) is 0.0166. The van der Waals surface area contributed by atoms with Crippen molar-refractivity contribution in [2.75, 3.05) is 13.1 Å². The minimum absolute atomic E-state index is 0.0166. The number of nitrogens with zero attached hydrogens (tertiary/aromatic N) is 1. The van der Waals surface area contributed by atoms with Crippen molar-refractivity contribution >= 4 is 16.9 Å². The lowest BCUT2D eigenvalue weighted by molar-refractivity contribution is 0.0792. The van der Waals surface area contributed by atoms with E-state index in [4.69, 9.17) is 10.2 Å². The minimum atomic E-state index is 0.0166. The van der Waals surface area contributed by atoms with E-state index in [-0.39, 0.29) is 11.9 Å². The first-order chi connectivity index (χ1) is 8.25. The van der Waals surface area contributed by atoms with Gasteiger partial charge in [-0.2, -0.15) is 0 Å². The molecule has 2 aromatic rings. The Labute approximate surface area is 99.0 Å². The molecule has 1 atom stereocenters. The van der Waals surface area contributed by atoms with E-state index in [0.29, 0.717) is 12.1 Å². The van der Waals surface area contributed by atoms with Crippen LogP contribution < -0.4 is 5.73 Å². The molecule has 88 valence electrons. The van der Waals surface area contributed by atoms with Gasteiger partial charge in [0.2, 0.25) is 0 Å². The lowest BCUT2D eigenvalue weighted by atomic mass is 10.1. The first-order valence-corrected chi connectivity index (χ1v) is 5.77. The summed E-state index contributed by atoms with van der Waals surface area (Å²) in [6, 6.07) is 7.68. The zero-order chi connectivity index (χ0) is 11.8. The molecule has 0 aliphatic carbocycles. The van der Waals surface area contributed by atoms with E-state index >= 15 is 0 Å². The molecule has 17 heavy (non-hydrogen) atoms. The van der Waals surface area contributed by atoms with E-state index in [1.54, 1.807) is 4.90 Å². The fraction of sp³-hybridized carbons (Fsp3) is 0.308.